The van der Waals surface area contributed by atoms with Crippen LogP contribution in [0.5, 0.6) is 0 Å². The van der Waals surface area contributed by atoms with Gasteiger partial charge in [0.1, 0.15) is 0 Å². The highest BCUT2D eigenvalue weighted by atomic mass is 16.5. The van der Waals surface area contributed by atoms with Crippen LogP contribution in [-0.2, 0) is 4.74 Å². The topological polar surface area (TPSA) is 47.3 Å². The van der Waals surface area contributed by atoms with E-state index in [9.17, 15) is 0 Å². The second-order valence-electron chi connectivity index (χ2n) is 5.96. The normalized spacial score (nSPS) is 23.1. The summed E-state index contributed by atoms with van der Waals surface area (Å²) < 4.78 is 5.62. The molecule has 0 aromatic carbocycles. The Morgan fingerprint density at radius 2 is 2.00 bits per heavy atom. The Morgan fingerprint density at radius 3 is 2.65 bits per heavy atom. The monoisotopic (exact) mass is 240 g/mol. The SMILES string of the molecule is NCC1(CNCCCOCC2CC2)CCCC1. The maximum absolute atomic E-state index is 5.91. The predicted molar refractivity (Wildman–Crippen MR) is 71.0 cm³/mol. The number of rotatable bonds is 9. The first-order valence-corrected chi connectivity index (χ1v) is 7.33. The number of nitrogens with two attached hydrogens (primary N) is 1. The molecule has 0 bridgehead atoms. The van der Waals surface area contributed by atoms with Gasteiger partial charge in [0.25, 0.3) is 0 Å². The zero-order valence-electron chi connectivity index (χ0n) is 11.0. The fraction of sp³-hybridized carbons (Fsp3) is 1.00. The molecule has 3 N–H and O–H groups in total. The fourth-order valence-corrected chi connectivity index (χ4v) is 2.77. The molecule has 2 saturated carbocycles. The quantitative estimate of drug-likeness (QED) is 0.605. The average Bonchev–Trinajstić information content (AvgIpc) is 3.06. The van der Waals surface area contributed by atoms with E-state index >= 15 is 0 Å². The first-order valence-electron chi connectivity index (χ1n) is 7.33. The molecule has 0 aromatic rings. The molecular weight excluding hydrogens is 212 g/mol. The van der Waals surface area contributed by atoms with Gasteiger partial charge in [0, 0.05) is 19.8 Å². The first kappa shape index (κ1) is 13.3. The maximum Gasteiger partial charge on any atom is 0.0494 e. The third kappa shape index (κ3) is 4.57. The van der Waals surface area contributed by atoms with E-state index in [0.29, 0.717) is 5.41 Å². The zero-order chi connectivity index (χ0) is 12.0. The Bertz CT molecular complexity index is 210. The smallest absolute Gasteiger partial charge is 0.0494 e. The molecule has 0 spiro atoms. The summed E-state index contributed by atoms with van der Waals surface area (Å²) in [6.45, 7) is 4.93. The van der Waals surface area contributed by atoms with Crippen LogP contribution in [0.4, 0.5) is 0 Å². The van der Waals surface area contributed by atoms with Crippen LogP contribution in [-0.4, -0.2) is 32.8 Å². The summed E-state index contributed by atoms with van der Waals surface area (Å²) in [6, 6.07) is 0. The van der Waals surface area contributed by atoms with E-state index in [4.69, 9.17) is 10.5 Å². The van der Waals surface area contributed by atoms with Crippen molar-refractivity contribution >= 4 is 0 Å². The molecular formula is C14H28N2O. The minimum absolute atomic E-state index is 0.412. The van der Waals surface area contributed by atoms with Crippen molar-refractivity contribution in [2.75, 3.05) is 32.8 Å². The minimum Gasteiger partial charge on any atom is -0.381 e. The first-order chi connectivity index (χ1) is 8.35. The van der Waals surface area contributed by atoms with Gasteiger partial charge in [0.15, 0.2) is 0 Å². The van der Waals surface area contributed by atoms with Gasteiger partial charge in [-0.3, -0.25) is 0 Å². The third-order valence-corrected chi connectivity index (χ3v) is 4.29. The largest absolute Gasteiger partial charge is 0.381 e. The van der Waals surface area contributed by atoms with Gasteiger partial charge in [-0.1, -0.05) is 12.8 Å². The van der Waals surface area contributed by atoms with Gasteiger partial charge >= 0.3 is 0 Å². The Morgan fingerprint density at radius 1 is 1.24 bits per heavy atom. The summed E-state index contributed by atoms with van der Waals surface area (Å²) in [5.74, 6) is 0.891. The molecule has 100 valence electrons. The fourth-order valence-electron chi connectivity index (χ4n) is 2.77. The Balaban J connectivity index is 1.44. The lowest BCUT2D eigenvalue weighted by Gasteiger charge is -2.27. The van der Waals surface area contributed by atoms with Gasteiger partial charge in [0.2, 0.25) is 0 Å². The standard InChI is InChI=1S/C14H28N2O/c15-11-14(6-1-2-7-14)12-16-8-3-9-17-10-13-4-5-13/h13,16H,1-12,15H2. The van der Waals surface area contributed by atoms with Crippen LogP contribution >= 0.6 is 0 Å². The Hall–Kier alpha value is -0.120. The second-order valence-corrected chi connectivity index (χ2v) is 5.96. The van der Waals surface area contributed by atoms with Crippen molar-refractivity contribution in [3.63, 3.8) is 0 Å². The Labute approximate surface area is 105 Å². The molecule has 3 heteroatoms. The van der Waals surface area contributed by atoms with E-state index in [1.54, 1.807) is 0 Å². The zero-order valence-corrected chi connectivity index (χ0v) is 11.0. The summed E-state index contributed by atoms with van der Waals surface area (Å²) in [7, 11) is 0. The van der Waals surface area contributed by atoms with Crippen LogP contribution in [0.2, 0.25) is 0 Å². The molecule has 0 aromatic heterocycles. The van der Waals surface area contributed by atoms with Gasteiger partial charge < -0.3 is 15.8 Å². The van der Waals surface area contributed by atoms with Crippen molar-refractivity contribution in [1.29, 1.82) is 0 Å². The molecule has 2 rings (SSSR count). The molecule has 2 fully saturated rings. The van der Waals surface area contributed by atoms with Crippen molar-refractivity contribution < 1.29 is 4.74 Å². The lowest BCUT2D eigenvalue weighted by Crippen LogP contribution is -2.38. The molecule has 2 aliphatic rings. The van der Waals surface area contributed by atoms with Crippen molar-refractivity contribution in [1.82, 2.24) is 5.32 Å². The summed E-state index contributed by atoms with van der Waals surface area (Å²) >= 11 is 0. The van der Waals surface area contributed by atoms with Gasteiger partial charge in [-0.05, 0) is 56.5 Å². The predicted octanol–water partition coefficient (Wildman–Crippen LogP) is 1.91. The van der Waals surface area contributed by atoms with Crippen molar-refractivity contribution in [2.45, 2.75) is 44.9 Å². The lowest BCUT2D eigenvalue weighted by atomic mass is 9.86. The highest BCUT2D eigenvalue weighted by molar-refractivity contribution is 4.87. The number of ether oxygens (including phenoxy) is 1. The molecule has 2 aliphatic carbocycles. The van der Waals surface area contributed by atoms with E-state index in [2.05, 4.69) is 5.32 Å². The average molecular weight is 240 g/mol. The summed E-state index contributed by atoms with van der Waals surface area (Å²) in [5.41, 5.74) is 6.32. The second kappa shape index (κ2) is 6.72. The van der Waals surface area contributed by atoms with Crippen LogP contribution in [0.3, 0.4) is 0 Å². The van der Waals surface area contributed by atoms with E-state index in [1.807, 2.05) is 0 Å². The van der Waals surface area contributed by atoms with Gasteiger partial charge in [-0.25, -0.2) is 0 Å². The third-order valence-electron chi connectivity index (χ3n) is 4.29. The Kier molecular flexibility index (Phi) is 5.26. The van der Waals surface area contributed by atoms with E-state index < -0.39 is 0 Å². The maximum atomic E-state index is 5.91. The van der Waals surface area contributed by atoms with Crippen LogP contribution < -0.4 is 11.1 Å². The van der Waals surface area contributed by atoms with Gasteiger partial charge in [-0.2, -0.15) is 0 Å². The summed E-state index contributed by atoms with van der Waals surface area (Å²) in [4.78, 5) is 0. The van der Waals surface area contributed by atoms with Crippen LogP contribution in [0.1, 0.15) is 44.9 Å². The molecule has 0 aliphatic heterocycles. The summed E-state index contributed by atoms with van der Waals surface area (Å²) in [5, 5.41) is 3.56. The minimum atomic E-state index is 0.412. The highest BCUT2D eigenvalue weighted by Gasteiger charge is 2.31. The van der Waals surface area contributed by atoms with Crippen LogP contribution in [0, 0.1) is 11.3 Å². The van der Waals surface area contributed by atoms with Crippen molar-refractivity contribution in [2.24, 2.45) is 17.1 Å². The molecule has 0 atom stereocenters. The number of nitrogens with one attached hydrogen (secondary N) is 1. The van der Waals surface area contributed by atoms with E-state index in [1.165, 1.54) is 38.5 Å². The van der Waals surface area contributed by atoms with Crippen LogP contribution in [0.25, 0.3) is 0 Å². The molecule has 3 nitrogen and oxygen atoms in total. The molecule has 0 amide bonds. The van der Waals surface area contributed by atoms with Gasteiger partial charge in [0.05, 0.1) is 0 Å². The summed E-state index contributed by atoms with van der Waals surface area (Å²) in [6.07, 6.45) is 9.26. The van der Waals surface area contributed by atoms with Crippen molar-refractivity contribution in [3.05, 3.63) is 0 Å². The van der Waals surface area contributed by atoms with E-state index in [0.717, 1.165) is 45.2 Å². The molecule has 17 heavy (non-hydrogen) atoms. The molecule has 0 unspecified atom stereocenters. The molecule has 0 heterocycles. The molecule has 0 saturated heterocycles. The number of hydrogen-bond donors (Lipinski definition) is 2. The number of hydrogen-bond acceptors (Lipinski definition) is 3. The molecule has 0 radical (unpaired) electrons. The highest BCUT2D eigenvalue weighted by Crippen LogP contribution is 2.36. The lowest BCUT2D eigenvalue weighted by molar-refractivity contribution is 0.121. The van der Waals surface area contributed by atoms with Crippen LogP contribution in [0.15, 0.2) is 0 Å². The van der Waals surface area contributed by atoms with Gasteiger partial charge in [-0.15, -0.1) is 0 Å². The van der Waals surface area contributed by atoms with E-state index in [-0.39, 0.29) is 0 Å². The van der Waals surface area contributed by atoms with Crippen molar-refractivity contribution in [3.8, 4) is 0 Å².